The van der Waals surface area contributed by atoms with Crippen molar-refractivity contribution in [2.75, 3.05) is 0 Å². The van der Waals surface area contributed by atoms with E-state index in [4.69, 9.17) is 0 Å². The summed E-state index contributed by atoms with van der Waals surface area (Å²) in [6.07, 6.45) is 3.80. The van der Waals surface area contributed by atoms with Gasteiger partial charge in [-0.3, -0.25) is 4.79 Å². The van der Waals surface area contributed by atoms with Crippen molar-refractivity contribution < 1.29 is 9.90 Å². The van der Waals surface area contributed by atoms with Crippen LogP contribution in [0.1, 0.15) is 53.4 Å². The maximum atomic E-state index is 10.9. The number of hydrogen-bond acceptors (Lipinski definition) is 2. The van der Waals surface area contributed by atoms with Crippen LogP contribution in [-0.2, 0) is 4.79 Å². The first kappa shape index (κ1) is 12.6. The number of unbranched alkanes of at least 4 members (excludes halogenated alkanes) is 1. The fourth-order valence-corrected chi connectivity index (χ4v) is 1.20. The molecule has 78 valence electrons. The van der Waals surface area contributed by atoms with Gasteiger partial charge in [-0.15, -0.1) is 0 Å². The van der Waals surface area contributed by atoms with Crippen LogP contribution in [-0.4, -0.2) is 16.5 Å². The molecule has 0 aliphatic heterocycles. The van der Waals surface area contributed by atoms with E-state index in [-0.39, 0.29) is 5.78 Å². The van der Waals surface area contributed by atoms with E-state index >= 15 is 0 Å². The Bertz CT molecular complexity index is 159. The van der Waals surface area contributed by atoms with Crippen LogP contribution in [0.15, 0.2) is 0 Å². The first-order valence-corrected chi connectivity index (χ1v) is 5.09. The highest BCUT2D eigenvalue weighted by Gasteiger charge is 2.24. The molecular weight excluding hydrogens is 164 g/mol. The molecule has 0 bridgehead atoms. The van der Waals surface area contributed by atoms with Crippen LogP contribution in [0, 0.1) is 5.92 Å². The van der Waals surface area contributed by atoms with Gasteiger partial charge in [0.15, 0.2) is 5.78 Å². The summed E-state index contributed by atoms with van der Waals surface area (Å²) < 4.78 is 0. The average molecular weight is 186 g/mol. The zero-order valence-corrected chi connectivity index (χ0v) is 9.26. The lowest BCUT2D eigenvalue weighted by molar-refractivity contribution is -0.134. The van der Waals surface area contributed by atoms with Gasteiger partial charge in [-0.05, 0) is 26.2 Å². The van der Waals surface area contributed by atoms with Crippen molar-refractivity contribution in [1.29, 1.82) is 0 Å². The molecule has 0 spiro atoms. The second-order valence-corrected chi connectivity index (χ2v) is 4.47. The smallest absolute Gasteiger partial charge is 0.160 e. The van der Waals surface area contributed by atoms with Crippen molar-refractivity contribution in [1.82, 2.24) is 0 Å². The van der Waals surface area contributed by atoms with Crippen molar-refractivity contribution >= 4 is 5.78 Å². The van der Waals surface area contributed by atoms with Gasteiger partial charge in [0.1, 0.15) is 5.60 Å². The van der Waals surface area contributed by atoms with Crippen LogP contribution in [0.5, 0.6) is 0 Å². The zero-order valence-electron chi connectivity index (χ0n) is 9.26. The molecule has 0 saturated carbocycles. The van der Waals surface area contributed by atoms with E-state index in [0.717, 1.165) is 12.8 Å². The highest BCUT2D eigenvalue weighted by Crippen LogP contribution is 2.17. The molecule has 0 aromatic carbocycles. The maximum Gasteiger partial charge on any atom is 0.160 e. The Morgan fingerprint density at radius 3 is 2.31 bits per heavy atom. The molecule has 2 nitrogen and oxygen atoms in total. The number of rotatable bonds is 6. The molecule has 0 fully saturated rings. The van der Waals surface area contributed by atoms with Crippen molar-refractivity contribution in [2.24, 2.45) is 5.92 Å². The van der Waals surface area contributed by atoms with Crippen LogP contribution < -0.4 is 0 Å². The van der Waals surface area contributed by atoms with E-state index in [2.05, 4.69) is 13.8 Å². The predicted octanol–water partition coefficient (Wildman–Crippen LogP) is 2.54. The van der Waals surface area contributed by atoms with Crippen molar-refractivity contribution in [3.63, 3.8) is 0 Å². The summed E-state index contributed by atoms with van der Waals surface area (Å²) in [6, 6.07) is 0. The van der Waals surface area contributed by atoms with Gasteiger partial charge in [-0.2, -0.15) is 0 Å². The normalized spacial score (nSPS) is 15.8. The molecule has 0 aromatic rings. The fraction of sp³-hybridized carbons (Fsp3) is 0.909. The van der Waals surface area contributed by atoms with Crippen molar-refractivity contribution in [3.8, 4) is 0 Å². The quantitative estimate of drug-likeness (QED) is 0.647. The van der Waals surface area contributed by atoms with Gasteiger partial charge < -0.3 is 5.11 Å². The Labute approximate surface area is 81.3 Å². The van der Waals surface area contributed by atoms with Crippen LogP contribution in [0.4, 0.5) is 0 Å². The maximum absolute atomic E-state index is 10.9. The van der Waals surface area contributed by atoms with E-state index in [1.54, 1.807) is 6.92 Å². The second kappa shape index (κ2) is 5.38. The van der Waals surface area contributed by atoms with Crippen LogP contribution in [0.3, 0.4) is 0 Å². The summed E-state index contributed by atoms with van der Waals surface area (Å²) in [5, 5.41) is 9.61. The van der Waals surface area contributed by atoms with Gasteiger partial charge >= 0.3 is 0 Å². The standard InChI is InChI=1S/C11H22O2/c1-9(2)7-5-6-8-11(4,13)10(3)12/h9,13H,5-8H2,1-4H3. The lowest BCUT2D eigenvalue weighted by Gasteiger charge is -2.19. The molecule has 1 atom stereocenters. The summed E-state index contributed by atoms with van der Waals surface area (Å²) in [5.74, 6) is 0.583. The van der Waals surface area contributed by atoms with Crippen LogP contribution in [0.2, 0.25) is 0 Å². The monoisotopic (exact) mass is 186 g/mol. The van der Waals surface area contributed by atoms with E-state index in [9.17, 15) is 9.90 Å². The molecule has 0 saturated heterocycles. The molecule has 1 N–H and O–H groups in total. The zero-order chi connectivity index (χ0) is 10.5. The summed E-state index contributed by atoms with van der Waals surface area (Å²) in [5.41, 5.74) is -1.10. The Morgan fingerprint density at radius 2 is 1.92 bits per heavy atom. The van der Waals surface area contributed by atoms with Gasteiger partial charge in [0, 0.05) is 0 Å². The Kier molecular flexibility index (Phi) is 5.23. The van der Waals surface area contributed by atoms with E-state index in [1.165, 1.54) is 13.3 Å². The minimum Gasteiger partial charge on any atom is -0.382 e. The lowest BCUT2D eigenvalue weighted by Crippen LogP contribution is -2.32. The molecule has 0 heterocycles. The summed E-state index contributed by atoms with van der Waals surface area (Å²) in [6.45, 7) is 7.42. The predicted molar refractivity (Wildman–Crippen MR) is 54.6 cm³/mol. The number of aliphatic hydroxyl groups is 1. The van der Waals surface area contributed by atoms with Gasteiger partial charge in [0.2, 0.25) is 0 Å². The van der Waals surface area contributed by atoms with E-state index in [1.807, 2.05) is 0 Å². The minimum atomic E-state index is -1.10. The molecular formula is C11H22O2. The van der Waals surface area contributed by atoms with Crippen molar-refractivity contribution in [3.05, 3.63) is 0 Å². The topological polar surface area (TPSA) is 37.3 Å². The van der Waals surface area contributed by atoms with Gasteiger partial charge in [-0.1, -0.05) is 33.1 Å². The largest absolute Gasteiger partial charge is 0.382 e. The molecule has 13 heavy (non-hydrogen) atoms. The van der Waals surface area contributed by atoms with Crippen LogP contribution in [0.25, 0.3) is 0 Å². The first-order chi connectivity index (χ1) is 5.86. The van der Waals surface area contributed by atoms with Gasteiger partial charge in [-0.25, -0.2) is 0 Å². The Balaban J connectivity index is 3.58. The third-order valence-electron chi connectivity index (χ3n) is 2.45. The number of carbonyl (C=O) groups is 1. The van der Waals surface area contributed by atoms with E-state index in [0.29, 0.717) is 12.3 Å². The van der Waals surface area contributed by atoms with Gasteiger partial charge in [0.05, 0.1) is 0 Å². The van der Waals surface area contributed by atoms with Gasteiger partial charge in [0.25, 0.3) is 0 Å². The summed E-state index contributed by atoms with van der Waals surface area (Å²) in [4.78, 5) is 10.9. The lowest BCUT2D eigenvalue weighted by atomic mass is 9.93. The average Bonchev–Trinajstić information content (AvgIpc) is 1.97. The van der Waals surface area contributed by atoms with Crippen molar-refractivity contribution in [2.45, 2.75) is 59.0 Å². The first-order valence-electron chi connectivity index (χ1n) is 5.09. The highest BCUT2D eigenvalue weighted by atomic mass is 16.3. The summed E-state index contributed by atoms with van der Waals surface area (Å²) >= 11 is 0. The third-order valence-corrected chi connectivity index (χ3v) is 2.45. The number of carbonyl (C=O) groups excluding carboxylic acids is 1. The SMILES string of the molecule is CC(=O)C(C)(O)CCCCC(C)C. The molecule has 0 rings (SSSR count). The number of Topliss-reactive ketones (excluding diaryl/α,β-unsaturated/α-hetero) is 1. The molecule has 0 aliphatic rings. The Hall–Kier alpha value is -0.370. The third kappa shape index (κ3) is 5.81. The second-order valence-electron chi connectivity index (χ2n) is 4.47. The number of ketones is 1. The molecule has 0 aliphatic carbocycles. The highest BCUT2D eigenvalue weighted by molar-refractivity contribution is 5.84. The fourth-order valence-electron chi connectivity index (χ4n) is 1.20. The molecule has 0 aromatic heterocycles. The van der Waals surface area contributed by atoms with E-state index < -0.39 is 5.60 Å². The molecule has 2 heteroatoms. The van der Waals surface area contributed by atoms with Crippen LogP contribution >= 0.6 is 0 Å². The summed E-state index contributed by atoms with van der Waals surface area (Å²) in [7, 11) is 0. The molecule has 0 radical (unpaired) electrons. The number of hydrogen-bond donors (Lipinski definition) is 1. The molecule has 0 amide bonds. The minimum absolute atomic E-state index is 0.128. The Morgan fingerprint density at radius 1 is 1.38 bits per heavy atom. The molecule has 1 unspecified atom stereocenters.